The zero-order chi connectivity index (χ0) is 14.5. The van der Waals surface area contributed by atoms with E-state index in [0.717, 1.165) is 12.1 Å². The van der Waals surface area contributed by atoms with E-state index in [9.17, 15) is 13.2 Å². The summed E-state index contributed by atoms with van der Waals surface area (Å²) in [4.78, 5) is 5.73. The molecule has 1 aromatic rings. The van der Waals surface area contributed by atoms with Gasteiger partial charge in [0.2, 0.25) is 0 Å². The average Bonchev–Trinajstić information content (AvgIpc) is 2.37. The van der Waals surface area contributed by atoms with Crippen LogP contribution in [0.5, 0.6) is 0 Å². The van der Waals surface area contributed by atoms with E-state index >= 15 is 0 Å². The Bertz CT molecular complexity index is 410. The molecule has 0 spiro atoms. The highest BCUT2D eigenvalue weighted by atomic mass is 19.4. The number of nitrogens with one attached hydrogen (secondary N) is 1. The Balaban J connectivity index is 2.93. The van der Waals surface area contributed by atoms with Gasteiger partial charge in [0.1, 0.15) is 11.6 Å². The third-order valence-electron chi connectivity index (χ3n) is 2.56. The number of hydrogen-bond donors (Lipinski definition) is 1. The largest absolute Gasteiger partial charge is 0.416 e. The number of aromatic nitrogens is 1. The van der Waals surface area contributed by atoms with Gasteiger partial charge >= 0.3 is 6.18 Å². The molecule has 1 aromatic heterocycles. The molecule has 4 nitrogen and oxygen atoms in total. The van der Waals surface area contributed by atoms with E-state index in [4.69, 9.17) is 4.74 Å². The first-order valence-electron chi connectivity index (χ1n) is 5.94. The summed E-state index contributed by atoms with van der Waals surface area (Å²) >= 11 is 0. The predicted molar refractivity (Wildman–Crippen MR) is 68.5 cm³/mol. The van der Waals surface area contributed by atoms with Crippen molar-refractivity contribution in [3.05, 3.63) is 17.7 Å². The van der Waals surface area contributed by atoms with Gasteiger partial charge in [0.15, 0.2) is 0 Å². The van der Waals surface area contributed by atoms with Crippen molar-refractivity contribution in [3.63, 3.8) is 0 Å². The Hall–Kier alpha value is -1.50. The topological polar surface area (TPSA) is 37.4 Å². The Morgan fingerprint density at radius 1 is 1.37 bits per heavy atom. The van der Waals surface area contributed by atoms with Crippen LogP contribution >= 0.6 is 0 Å². The van der Waals surface area contributed by atoms with Crippen molar-refractivity contribution in [2.45, 2.75) is 13.1 Å². The molecule has 0 aliphatic carbocycles. The van der Waals surface area contributed by atoms with Crippen LogP contribution in [0.4, 0.5) is 24.8 Å². The van der Waals surface area contributed by atoms with Crippen LogP contribution in [0.3, 0.4) is 0 Å². The Morgan fingerprint density at radius 3 is 2.58 bits per heavy atom. The van der Waals surface area contributed by atoms with Crippen LogP contribution in [0.2, 0.25) is 0 Å². The molecule has 108 valence electrons. The van der Waals surface area contributed by atoms with E-state index in [1.165, 1.54) is 7.05 Å². The summed E-state index contributed by atoms with van der Waals surface area (Å²) < 4.78 is 43.4. The summed E-state index contributed by atoms with van der Waals surface area (Å²) in [5.41, 5.74) is -0.717. The highest BCUT2D eigenvalue weighted by Crippen LogP contribution is 2.32. The fourth-order valence-electron chi connectivity index (χ4n) is 1.46. The van der Waals surface area contributed by atoms with E-state index in [0.29, 0.717) is 19.8 Å². The third-order valence-corrected chi connectivity index (χ3v) is 2.56. The van der Waals surface area contributed by atoms with Crippen LogP contribution in [-0.2, 0) is 10.9 Å². The first kappa shape index (κ1) is 15.6. The van der Waals surface area contributed by atoms with E-state index in [2.05, 4.69) is 10.3 Å². The minimum Gasteiger partial charge on any atom is -0.380 e. The first-order chi connectivity index (χ1) is 8.88. The molecule has 1 heterocycles. The van der Waals surface area contributed by atoms with Gasteiger partial charge in [-0.05, 0) is 19.1 Å². The van der Waals surface area contributed by atoms with Gasteiger partial charge in [0.25, 0.3) is 0 Å². The maximum atomic E-state index is 12.8. The molecule has 0 aliphatic heterocycles. The van der Waals surface area contributed by atoms with Crippen LogP contribution in [0.25, 0.3) is 0 Å². The fourth-order valence-corrected chi connectivity index (χ4v) is 1.46. The number of pyridine rings is 1. The summed E-state index contributed by atoms with van der Waals surface area (Å²) in [6, 6.07) is 2.02. The molecule has 0 aromatic carbocycles. The second kappa shape index (κ2) is 6.60. The normalized spacial score (nSPS) is 11.5. The molecule has 7 heteroatoms. The quantitative estimate of drug-likeness (QED) is 0.811. The number of anilines is 2. The molecule has 1 N–H and O–H groups in total. The van der Waals surface area contributed by atoms with Gasteiger partial charge in [-0.3, -0.25) is 0 Å². The highest BCUT2D eigenvalue weighted by Gasteiger charge is 2.31. The van der Waals surface area contributed by atoms with Crippen LogP contribution in [0.15, 0.2) is 12.1 Å². The van der Waals surface area contributed by atoms with E-state index in [1.807, 2.05) is 6.92 Å². The minimum absolute atomic E-state index is 0.188. The second-order valence-electron chi connectivity index (χ2n) is 3.97. The van der Waals surface area contributed by atoms with Crippen LogP contribution in [-0.4, -0.2) is 38.8 Å². The Morgan fingerprint density at radius 2 is 2.05 bits per heavy atom. The SMILES string of the molecule is CCOCCN(C)c1cc(C(F)(F)F)cc(NC)n1. The smallest absolute Gasteiger partial charge is 0.380 e. The maximum absolute atomic E-state index is 12.8. The number of halogens is 3. The number of rotatable bonds is 6. The van der Waals surface area contributed by atoms with E-state index in [-0.39, 0.29) is 11.6 Å². The average molecular weight is 277 g/mol. The van der Waals surface area contributed by atoms with Gasteiger partial charge in [-0.25, -0.2) is 4.98 Å². The molecule has 0 radical (unpaired) electrons. The van der Waals surface area contributed by atoms with Gasteiger partial charge in [-0.15, -0.1) is 0 Å². The highest BCUT2D eigenvalue weighted by molar-refractivity contribution is 5.50. The number of hydrogen-bond acceptors (Lipinski definition) is 4. The van der Waals surface area contributed by atoms with Crippen molar-refractivity contribution in [1.29, 1.82) is 0 Å². The first-order valence-corrected chi connectivity index (χ1v) is 5.94. The van der Waals surface area contributed by atoms with Gasteiger partial charge < -0.3 is 15.0 Å². The lowest BCUT2D eigenvalue weighted by Gasteiger charge is -2.20. The molecule has 0 amide bonds. The maximum Gasteiger partial charge on any atom is 0.416 e. The van der Waals surface area contributed by atoms with Crippen molar-refractivity contribution in [3.8, 4) is 0 Å². The molecular formula is C12H18F3N3O. The van der Waals surface area contributed by atoms with E-state index in [1.54, 1.807) is 11.9 Å². The van der Waals surface area contributed by atoms with Gasteiger partial charge in [0, 0.05) is 27.2 Å². The molecule has 0 atom stereocenters. The number of alkyl halides is 3. The van der Waals surface area contributed by atoms with Gasteiger partial charge in [-0.2, -0.15) is 13.2 Å². The second-order valence-corrected chi connectivity index (χ2v) is 3.97. The summed E-state index contributed by atoms with van der Waals surface area (Å²) in [5, 5.41) is 2.63. The Kier molecular flexibility index (Phi) is 5.41. The molecular weight excluding hydrogens is 259 g/mol. The fraction of sp³-hybridized carbons (Fsp3) is 0.583. The standard InChI is InChI=1S/C12H18F3N3O/c1-4-19-6-5-18(3)11-8-9(12(13,14)15)7-10(16-2)17-11/h7-8H,4-6H2,1-3H3,(H,16,17). The van der Waals surface area contributed by atoms with Crippen molar-refractivity contribution < 1.29 is 17.9 Å². The molecule has 19 heavy (non-hydrogen) atoms. The van der Waals surface area contributed by atoms with E-state index < -0.39 is 11.7 Å². The minimum atomic E-state index is -4.38. The number of ether oxygens (including phenoxy) is 1. The lowest BCUT2D eigenvalue weighted by Crippen LogP contribution is -2.24. The molecule has 0 saturated carbocycles. The molecule has 0 saturated heterocycles. The van der Waals surface area contributed by atoms with Crippen molar-refractivity contribution >= 4 is 11.6 Å². The lowest BCUT2D eigenvalue weighted by molar-refractivity contribution is -0.137. The lowest BCUT2D eigenvalue weighted by atomic mass is 10.2. The zero-order valence-corrected chi connectivity index (χ0v) is 11.2. The molecule has 0 unspecified atom stereocenters. The predicted octanol–water partition coefficient (Wildman–Crippen LogP) is 2.61. The Labute approximate surface area is 110 Å². The number of nitrogens with zero attached hydrogens (tertiary/aromatic N) is 2. The van der Waals surface area contributed by atoms with Gasteiger partial charge in [-0.1, -0.05) is 0 Å². The molecule has 0 bridgehead atoms. The molecule has 0 aliphatic rings. The van der Waals surface area contributed by atoms with Crippen molar-refractivity contribution in [1.82, 2.24) is 4.98 Å². The monoisotopic (exact) mass is 277 g/mol. The summed E-state index contributed by atoms with van der Waals surface area (Å²) in [5.74, 6) is 0.451. The van der Waals surface area contributed by atoms with Gasteiger partial charge in [0.05, 0.1) is 12.2 Å². The number of likely N-dealkylation sites (N-methyl/N-ethyl adjacent to an activating group) is 1. The summed E-state index contributed by atoms with van der Waals surface area (Å²) in [7, 11) is 3.22. The third kappa shape index (κ3) is 4.59. The summed E-state index contributed by atoms with van der Waals surface area (Å²) in [6.07, 6.45) is -4.38. The molecule has 0 fully saturated rings. The molecule has 1 rings (SSSR count). The summed E-state index contributed by atoms with van der Waals surface area (Å²) in [6.45, 7) is 3.36. The van der Waals surface area contributed by atoms with Crippen molar-refractivity contribution in [2.24, 2.45) is 0 Å². The van der Waals surface area contributed by atoms with Crippen LogP contribution < -0.4 is 10.2 Å². The van der Waals surface area contributed by atoms with Crippen LogP contribution in [0, 0.1) is 0 Å². The van der Waals surface area contributed by atoms with Crippen molar-refractivity contribution in [2.75, 3.05) is 44.1 Å². The zero-order valence-electron chi connectivity index (χ0n) is 11.2. The van der Waals surface area contributed by atoms with Crippen LogP contribution in [0.1, 0.15) is 12.5 Å².